The number of aromatic nitrogens is 2. The zero-order valence-corrected chi connectivity index (χ0v) is 15.3. The fourth-order valence-corrected chi connectivity index (χ4v) is 3.72. The van der Waals surface area contributed by atoms with Crippen molar-refractivity contribution in [2.24, 2.45) is 7.05 Å². The molecule has 0 saturated heterocycles. The average Bonchev–Trinajstić information content (AvgIpc) is 3.27. The number of aryl methyl sites for hydroxylation is 1. The number of hydrogen-bond acceptors (Lipinski definition) is 3. The molecule has 0 radical (unpaired) electrons. The van der Waals surface area contributed by atoms with Gasteiger partial charge in [-0.05, 0) is 30.5 Å². The zero-order chi connectivity index (χ0) is 19.7. The largest absolute Gasteiger partial charge is 0.497 e. The second-order valence-electron chi connectivity index (χ2n) is 6.93. The third kappa shape index (κ3) is 3.94. The Kier molecular flexibility index (Phi) is 5.17. The summed E-state index contributed by atoms with van der Waals surface area (Å²) in [6, 6.07) is 8.52. The van der Waals surface area contributed by atoms with Gasteiger partial charge in [0.25, 0.3) is 5.91 Å². The highest BCUT2D eigenvalue weighted by Gasteiger charge is 2.38. The highest BCUT2D eigenvalue weighted by Crippen LogP contribution is 2.41. The van der Waals surface area contributed by atoms with Gasteiger partial charge in [0.1, 0.15) is 11.4 Å². The van der Waals surface area contributed by atoms with Crippen molar-refractivity contribution in [3.63, 3.8) is 0 Å². The molecule has 5 nitrogen and oxygen atoms in total. The van der Waals surface area contributed by atoms with Crippen LogP contribution in [0.2, 0.25) is 0 Å². The Morgan fingerprint density at radius 3 is 2.41 bits per heavy atom. The van der Waals surface area contributed by atoms with Crippen LogP contribution in [0.15, 0.2) is 30.3 Å². The first-order valence-electron chi connectivity index (χ1n) is 8.79. The molecule has 2 aromatic rings. The van der Waals surface area contributed by atoms with Gasteiger partial charge in [0.05, 0.1) is 7.11 Å². The van der Waals surface area contributed by atoms with Gasteiger partial charge in [0.2, 0.25) is 0 Å². The quantitative estimate of drug-likeness (QED) is 0.860. The number of amides is 1. The van der Waals surface area contributed by atoms with Crippen LogP contribution in [-0.4, -0.2) is 29.3 Å². The number of nitrogens with zero attached hydrogens (tertiary/aromatic N) is 2. The van der Waals surface area contributed by atoms with E-state index < -0.39 is 17.8 Å². The summed E-state index contributed by atoms with van der Waals surface area (Å²) in [5, 5.41) is 6.21. The van der Waals surface area contributed by atoms with Crippen molar-refractivity contribution in [3.05, 3.63) is 47.3 Å². The van der Waals surface area contributed by atoms with Crippen molar-refractivity contribution in [2.45, 2.75) is 37.3 Å². The first-order valence-corrected chi connectivity index (χ1v) is 8.79. The molecule has 1 fully saturated rings. The van der Waals surface area contributed by atoms with Gasteiger partial charge in [-0.3, -0.25) is 9.48 Å². The van der Waals surface area contributed by atoms with Gasteiger partial charge in [-0.2, -0.15) is 18.3 Å². The Bertz CT molecular complexity index is 807. The number of benzene rings is 1. The van der Waals surface area contributed by atoms with Crippen LogP contribution in [0.25, 0.3) is 0 Å². The maximum atomic E-state index is 12.8. The lowest BCUT2D eigenvalue weighted by Gasteiger charge is -2.30. The molecular weight excluding hydrogens is 359 g/mol. The van der Waals surface area contributed by atoms with Gasteiger partial charge < -0.3 is 10.1 Å². The fraction of sp³-hybridized carbons (Fsp3) is 0.474. The zero-order valence-electron chi connectivity index (χ0n) is 15.3. The molecule has 146 valence electrons. The minimum Gasteiger partial charge on any atom is -0.497 e. The number of hydrogen-bond donors (Lipinski definition) is 1. The van der Waals surface area contributed by atoms with Crippen molar-refractivity contribution in [2.75, 3.05) is 13.7 Å². The van der Waals surface area contributed by atoms with E-state index in [1.54, 1.807) is 7.11 Å². The van der Waals surface area contributed by atoms with E-state index in [9.17, 15) is 18.0 Å². The van der Waals surface area contributed by atoms with E-state index in [-0.39, 0.29) is 11.1 Å². The van der Waals surface area contributed by atoms with Gasteiger partial charge in [-0.15, -0.1) is 0 Å². The Morgan fingerprint density at radius 2 is 1.89 bits per heavy atom. The van der Waals surface area contributed by atoms with Crippen molar-refractivity contribution in [1.82, 2.24) is 15.1 Å². The smallest absolute Gasteiger partial charge is 0.435 e. The third-order valence-electron chi connectivity index (χ3n) is 5.25. The molecule has 1 saturated carbocycles. The Morgan fingerprint density at radius 1 is 1.26 bits per heavy atom. The summed E-state index contributed by atoms with van der Waals surface area (Å²) in [6.07, 6.45) is -0.651. The van der Waals surface area contributed by atoms with Crippen LogP contribution in [-0.2, 0) is 18.6 Å². The number of methoxy groups -OCH3 is 1. The molecule has 0 aliphatic heterocycles. The molecule has 0 bridgehead atoms. The molecule has 1 amide bonds. The van der Waals surface area contributed by atoms with Gasteiger partial charge in [0.15, 0.2) is 5.69 Å². The SMILES string of the molecule is COc1ccc(C2(CNC(=O)c3cc(C(F)(F)F)nn3C)CCCC2)cc1. The highest BCUT2D eigenvalue weighted by atomic mass is 19.4. The summed E-state index contributed by atoms with van der Waals surface area (Å²) in [4.78, 5) is 12.5. The first kappa shape index (κ1) is 19.3. The Balaban J connectivity index is 1.76. The molecular formula is C19H22F3N3O2. The predicted octanol–water partition coefficient (Wildman–Crippen LogP) is 3.69. The molecule has 3 rings (SSSR count). The van der Waals surface area contributed by atoms with Gasteiger partial charge in [0, 0.05) is 25.1 Å². The van der Waals surface area contributed by atoms with Crippen LogP contribution in [0.3, 0.4) is 0 Å². The third-order valence-corrected chi connectivity index (χ3v) is 5.25. The van der Waals surface area contributed by atoms with Crippen LogP contribution in [0, 0.1) is 0 Å². The van der Waals surface area contributed by atoms with Crippen molar-refractivity contribution in [3.8, 4) is 5.75 Å². The number of alkyl halides is 3. The lowest BCUT2D eigenvalue weighted by molar-refractivity contribution is -0.141. The number of halogens is 3. The second-order valence-corrected chi connectivity index (χ2v) is 6.93. The van der Waals surface area contributed by atoms with Crippen molar-refractivity contribution < 1.29 is 22.7 Å². The highest BCUT2D eigenvalue weighted by molar-refractivity contribution is 5.92. The molecule has 1 aromatic carbocycles. The lowest BCUT2D eigenvalue weighted by Crippen LogP contribution is -2.39. The summed E-state index contributed by atoms with van der Waals surface area (Å²) < 4.78 is 44.6. The number of rotatable bonds is 5. The molecule has 1 heterocycles. The summed E-state index contributed by atoms with van der Waals surface area (Å²) in [7, 11) is 2.93. The van der Waals surface area contributed by atoms with Gasteiger partial charge in [-0.1, -0.05) is 25.0 Å². The lowest BCUT2D eigenvalue weighted by atomic mass is 9.78. The standard InChI is InChI=1S/C19H22F3N3O2/c1-25-15(11-16(24-25)19(20,21)22)17(26)23-12-18(9-3-4-10-18)13-5-7-14(27-2)8-6-13/h5-8,11H,3-4,9-10,12H2,1-2H3,(H,23,26). The first-order chi connectivity index (χ1) is 12.7. The molecule has 0 atom stereocenters. The summed E-state index contributed by atoms with van der Waals surface area (Å²) in [5.74, 6) is 0.200. The minimum atomic E-state index is -4.58. The number of ether oxygens (including phenoxy) is 1. The molecule has 0 unspecified atom stereocenters. The maximum absolute atomic E-state index is 12.8. The predicted molar refractivity (Wildman–Crippen MR) is 93.7 cm³/mol. The number of carbonyl (C=O) groups excluding carboxylic acids is 1. The molecule has 1 N–H and O–H groups in total. The Hall–Kier alpha value is -2.51. The molecule has 1 aliphatic carbocycles. The van der Waals surface area contributed by atoms with E-state index >= 15 is 0 Å². The topological polar surface area (TPSA) is 56.1 Å². The van der Waals surface area contributed by atoms with Gasteiger partial charge in [-0.25, -0.2) is 0 Å². The number of carbonyl (C=O) groups is 1. The van der Waals surface area contributed by atoms with Crippen molar-refractivity contribution >= 4 is 5.91 Å². The van der Waals surface area contributed by atoms with Crippen LogP contribution < -0.4 is 10.1 Å². The molecule has 1 aromatic heterocycles. The molecule has 0 spiro atoms. The normalized spacial score (nSPS) is 16.3. The average molecular weight is 381 g/mol. The maximum Gasteiger partial charge on any atom is 0.435 e. The van der Waals surface area contributed by atoms with Crippen LogP contribution in [0.4, 0.5) is 13.2 Å². The van der Waals surface area contributed by atoms with Crippen LogP contribution in [0.5, 0.6) is 5.75 Å². The number of nitrogens with one attached hydrogen (secondary N) is 1. The second kappa shape index (κ2) is 7.25. The van der Waals surface area contributed by atoms with E-state index in [0.717, 1.165) is 47.7 Å². The summed E-state index contributed by atoms with van der Waals surface area (Å²) in [6.45, 7) is 0.366. The van der Waals surface area contributed by atoms with Crippen LogP contribution >= 0.6 is 0 Å². The van der Waals surface area contributed by atoms with Crippen LogP contribution in [0.1, 0.15) is 47.4 Å². The van der Waals surface area contributed by atoms with Gasteiger partial charge >= 0.3 is 6.18 Å². The monoisotopic (exact) mass is 381 g/mol. The molecule has 27 heavy (non-hydrogen) atoms. The van der Waals surface area contributed by atoms with E-state index in [2.05, 4.69) is 10.4 Å². The molecule has 1 aliphatic rings. The van der Waals surface area contributed by atoms with Crippen molar-refractivity contribution in [1.29, 1.82) is 0 Å². The van der Waals surface area contributed by atoms with E-state index in [1.165, 1.54) is 7.05 Å². The summed E-state index contributed by atoms with van der Waals surface area (Å²) in [5.41, 5.74) is -0.291. The van der Waals surface area contributed by atoms with E-state index in [4.69, 9.17) is 4.74 Å². The van der Waals surface area contributed by atoms with E-state index in [0.29, 0.717) is 6.54 Å². The fourth-order valence-electron chi connectivity index (χ4n) is 3.72. The van der Waals surface area contributed by atoms with E-state index in [1.807, 2.05) is 24.3 Å². The minimum absolute atomic E-state index is 0.106. The molecule has 8 heteroatoms. The summed E-state index contributed by atoms with van der Waals surface area (Å²) >= 11 is 0. The Labute approximate surface area is 155 Å².